The predicted octanol–water partition coefficient (Wildman–Crippen LogP) is 5.73. The summed E-state index contributed by atoms with van der Waals surface area (Å²) in [6.07, 6.45) is 3.75. The fourth-order valence-electron chi connectivity index (χ4n) is 3.71. The standard InChI is InChI=1S/C28H23BrN2O4/c1-3-7-21-14-20(16-24(29)25(21)35-17-19-8-5-4-6-9-19)15-23-26(32)30-28(34)31(27(23)33)22-12-10-18(2)11-13-22/h3-6,8-16H,1,7,17H2,2H3,(H,30,32,34)/b23-15+. The molecule has 4 amide bonds. The second-order valence-corrected chi connectivity index (χ2v) is 8.91. The van der Waals surface area contributed by atoms with Crippen LogP contribution in [0.2, 0.25) is 0 Å². The topological polar surface area (TPSA) is 75.7 Å². The summed E-state index contributed by atoms with van der Waals surface area (Å²) >= 11 is 3.56. The van der Waals surface area contributed by atoms with Crippen molar-refractivity contribution in [3.8, 4) is 5.75 Å². The monoisotopic (exact) mass is 530 g/mol. The summed E-state index contributed by atoms with van der Waals surface area (Å²) in [5.74, 6) is -0.769. The largest absolute Gasteiger partial charge is 0.487 e. The number of aryl methyl sites for hydroxylation is 1. The molecule has 0 aliphatic carbocycles. The number of benzene rings is 3. The quantitative estimate of drug-likeness (QED) is 0.240. The van der Waals surface area contributed by atoms with Gasteiger partial charge in [-0.15, -0.1) is 6.58 Å². The van der Waals surface area contributed by atoms with Crippen molar-refractivity contribution in [3.63, 3.8) is 0 Å². The van der Waals surface area contributed by atoms with Gasteiger partial charge >= 0.3 is 6.03 Å². The highest BCUT2D eigenvalue weighted by atomic mass is 79.9. The van der Waals surface area contributed by atoms with Gasteiger partial charge in [0.05, 0.1) is 10.2 Å². The van der Waals surface area contributed by atoms with Crippen LogP contribution in [0.5, 0.6) is 5.75 Å². The molecule has 0 bridgehead atoms. The van der Waals surface area contributed by atoms with Crippen molar-refractivity contribution in [3.05, 3.63) is 112 Å². The van der Waals surface area contributed by atoms with Gasteiger partial charge in [-0.25, -0.2) is 9.69 Å². The Balaban J connectivity index is 1.67. The van der Waals surface area contributed by atoms with Crippen LogP contribution in [0, 0.1) is 6.92 Å². The van der Waals surface area contributed by atoms with Crippen LogP contribution in [0.3, 0.4) is 0 Å². The molecule has 7 heteroatoms. The molecule has 0 atom stereocenters. The summed E-state index contributed by atoms with van der Waals surface area (Å²) in [5.41, 5.74) is 3.71. The number of nitrogens with one attached hydrogen (secondary N) is 1. The highest BCUT2D eigenvalue weighted by molar-refractivity contribution is 9.10. The fourth-order valence-corrected chi connectivity index (χ4v) is 4.34. The van der Waals surface area contributed by atoms with Crippen LogP contribution in [-0.2, 0) is 22.6 Å². The maximum atomic E-state index is 13.2. The number of anilines is 1. The molecule has 6 nitrogen and oxygen atoms in total. The van der Waals surface area contributed by atoms with Gasteiger partial charge in [-0.1, -0.05) is 54.1 Å². The first kappa shape index (κ1) is 24.2. The van der Waals surface area contributed by atoms with Gasteiger partial charge in [0.2, 0.25) is 0 Å². The van der Waals surface area contributed by atoms with Crippen LogP contribution >= 0.6 is 15.9 Å². The molecule has 0 saturated carbocycles. The Bertz CT molecular complexity index is 1330. The summed E-state index contributed by atoms with van der Waals surface area (Å²) in [4.78, 5) is 39.2. The zero-order chi connectivity index (χ0) is 24.9. The van der Waals surface area contributed by atoms with Gasteiger partial charge in [0.15, 0.2) is 0 Å². The van der Waals surface area contributed by atoms with Crippen LogP contribution in [0.4, 0.5) is 10.5 Å². The van der Waals surface area contributed by atoms with Crippen molar-refractivity contribution >= 4 is 45.5 Å². The van der Waals surface area contributed by atoms with Crippen molar-refractivity contribution in [1.29, 1.82) is 0 Å². The van der Waals surface area contributed by atoms with E-state index < -0.39 is 17.8 Å². The lowest BCUT2D eigenvalue weighted by Crippen LogP contribution is -2.54. The predicted molar refractivity (Wildman–Crippen MR) is 139 cm³/mol. The van der Waals surface area contributed by atoms with Gasteiger partial charge in [0, 0.05) is 0 Å². The highest BCUT2D eigenvalue weighted by Gasteiger charge is 2.36. The number of hydrogen-bond donors (Lipinski definition) is 1. The maximum Gasteiger partial charge on any atom is 0.335 e. The van der Waals surface area contributed by atoms with Crippen LogP contribution < -0.4 is 15.0 Å². The molecule has 0 unspecified atom stereocenters. The molecule has 1 aliphatic rings. The Kier molecular flexibility index (Phi) is 7.27. The Morgan fingerprint density at radius 3 is 2.43 bits per heavy atom. The number of allylic oxidation sites excluding steroid dienone is 1. The Hall–Kier alpha value is -3.97. The maximum absolute atomic E-state index is 13.2. The van der Waals surface area contributed by atoms with E-state index in [1.54, 1.807) is 36.4 Å². The molecule has 4 rings (SSSR count). The minimum Gasteiger partial charge on any atom is -0.487 e. The molecule has 1 saturated heterocycles. The zero-order valence-electron chi connectivity index (χ0n) is 19.1. The first-order valence-corrected chi connectivity index (χ1v) is 11.7. The number of imide groups is 2. The molecule has 0 radical (unpaired) electrons. The Morgan fingerprint density at radius 1 is 1.03 bits per heavy atom. The Morgan fingerprint density at radius 2 is 1.74 bits per heavy atom. The molecular formula is C28H23BrN2O4. The molecule has 1 fully saturated rings. The minimum atomic E-state index is -0.779. The molecule has 1 heterocycles. The molecular weight excluding hydrogens is 508 g/mol. The Labute approximate surface area is 212 Å². The van der Waals surface area contributed by atoms with E-state index >= 15 is 0 Å². The number of rotatable bonds is 7. The third-order valence-electron chi connectivity index (χ3n) is 5.44. The van der Waals surface area contributed by atoms with E-state index in [1.807, 2.05) is 43.3 Å². The number of amides is 4. The lowest BCUT2D eigenvalue weighted by Gasteiger charge is -2.26. The van der Waals surface area contributed by atoms with Gasteiger partial charge in [-0.2, -0.15) is 0 Å². The molecule has 0 spiro atoms. The molecule has 3 aromatic carbocycles. The molecule has 3 aromatic rings. The summed E-state index contributed by atoms with van der Waals surface area (Å²) in [7, 11) is 0. The highest BCUT2D eigenvalue weighted by Crippen LogP contribution is 2.33. The average molecular weight is 531 g/mol. The van der Waals surface area contributed by atoms with Gasteiger partial charge in [0.25, 0.3) is 11.8 Å². The number of ether oxygens (including phenoxy) is 1. The van der Waals surface area contributed by atoms with Crippen molar-refractivity contribution in [2.75, 3.05) is 4.90 Å². The molecule has 1 aliphatic heterocycles. The molecule has 0 aromatic heterocycles. The summed E-state index contributed by atoms with van der Waals surface area (Å²) < 4.78 is 6.75. The third kappa shape index (κ3) is 5.41. The lowest BCUT2D eigenvalue weighted by atomic mass is 10.0. The number of barbiturate groups is 1. The van der Waals surface area contributed by atoms with Gasteiger partial charge < -0.3 is 4.74 Å². The first-order valence-electron chi connectivity index (χ1n) is 11.0. The average Bonchev–Trinajstić information content (AvgIpc) is 2.83. The smallest absolute Gasteiger partial charge is 0.335 e. The van der Waals surface area contributed by atoms with Gasteiger partial charge in [-0.3, -0.25) is 14.9 Å². The first-order chi connectivity index (χ1) is 16.9. The van der Waals surface area contributed by atoms with E-state index in [1.165, 1.54) is 6.08 Å². The van der Waals surface area contributed by atoms with E-state index in [9.17, 15) is 14.4 Å². The normalized spacial score (nSPS) is 14.7. The van der Waals surface area contributed by atoms with E-state index in [4.69, 9.17) is 4.74 Å². The number of nitrogens with zero attached hydrogens (tertiary/aromatic N) is 1. The van der Waals surface area contributed by atoms with Crippen molar-refractivity contribution < 1.29 is 19.1 Å². The lowest BCUT2D eigenvalue weighted by molar-refractivity contribution is -0.122. The van der Waals surface area contributed by atoms with Crippen molar-refractivity contribution in [2.45, 2.75) is 20.0 Å². The van der Waals surface area contributed by atoms with Crippen LogP contribution in [0.25, 0.3) is 6.08 Å². The fraction of sp³-hybridized carbons (Fsp3) is 0.107. The molecule has 1 N–H and O–H groups in total. The third-order valence-corrected chi connectivity index (χ3v) is 6.03. The van der Waals surface area contributed by atoms with E-state index in [2.05, 4.69) is 27.8 Å². The van der Waals surface area contributed by atoms with Crippen LogP contribution in [-0.4, -0.2) is 17.8 Å². The second kappa shape index (κ2) is 10.5. The number of carbonyl (C=O) groups excluding carboxylic acids is 3. The van der Waals surface area contributed by atoms with Crippen molar-refractivity contribution in [2.24, 2.45) is 0 Å². The number of halogens is 1. The SMILES string of the molecule is C=CCc1cc(/C=C2\C(=O)NC(=O)N(c3ccc(C)cc3)C2=O)cc(Br)c1OCc1ccccc1. The summed E-state index contributed by atoms with van der Waals surface area (Å²) in [5, 5.41) is 2.25. The van der Waals surface area contributed by atoms with E-state index in [0.717, 1.165) is 21.6 Å². The second-order valence-electron chi connectivity index (χ2n) is 8.05. The molecule has 176 valence electrons. The van der Waals surface area contributed by atoms with E-state index in [0.29, 0.717) is 34.5 Å². The van der Waals surface area contributed by atoms with Crippen LogP contribution in [0.15, 0.2) is 89.4 Å². The van der Waals surface area contributed by atoms with E-state index in [-0.39, 0.29) is 5.57 Å². The summed E-state index contributed by atoms with van der Waals surface area (Å²) in [6.45, 7) is 6.12. The number of carbonyl (C=O) groups is 3. The minimum absolute atomic E-state index is 0.139. The number of hydrogen-bond acceptors (Lipinski definition) is 4. The zero-order valence-corrected chi connectivity index (χ0v) is 20.7. The van der Waals surface area contributed by atoms with Gasteiger partial charge in [0.1, 0.15) is 17.9 Å². The van der Waals surface area contributed by atoms with Crippen molar-refractivity contribution in [1.82, 2.24) is 5.32 Å². The molecule has 35 heavy (non-hydrogen) atoms. The van der Waals surface area contributed by atoms with Gasteiger partial charge in [-0.05, 0) is 76.3 Å². The van der Waals surface area contributed by atoms with Crippen LogP contribution in [0.1, 0.15) is 22.3 Å². The number of urea groups is 1. The summed E-state index contributed by atoms with van der Waals surface area (Å²) in [6, 6.07) is 19.6.